The van der Waals surface area contributed by atoms with Gasteiger partial charge in [-0.3, -0.25) is 4.79 Å². The Hall–Kier alpha value is -0.870. The molecule has 1 aromatic carbocycles. The Balaban J connectivity index is 1.93. The van der Waals surface area contributed by atoms with Crippen LogP contribution in [0.5, 0.6) is 0 Å². The molecule has 16 heavy (non-hydrogen) atoms. The summed E-state index contributed by atoms with van der Waals surface area (Å²) < 4.78 is 1.07. The summed E-state index contributed by atoms with van der Waals surface area (Å²) in [5.41, 5.74) is 1.19. The van der Waals surface area contributed by atoms with Crippen molar-refractivity contribution in [2.75, 3.05) is 13.1 Å². The summed E-state index contributed by atoms with van der Waals surface area (Å²) in [6, 6.07) is 8.00. The molecule has 1 unspecified atom stereocenters. The van der Waals surface area contributed by atoms with Gasteiger partial charge in [0.25, 0.3) is 0 Å². The molecule has 0 spiro atoms. The highest BCUT2D eigenvalue weighted by molar-refractivity contribution is 9.10. The minimum absolute atomic E-state index is 0.0551. The van der Waals surface area contributed by atoms with Crippen molar-refractivity contribution in [2.45, 2.75) is 18.9 Å². The lowest BCUT2D eigenvalue weighted by atomic mass is 10.1. The monoisotopic (exact) mass is 283 g/mol. The van der Waals surface area contributed by atoms with Gasteiger partial charge in [-0.25, -0.2) is 0 Å². The average molecular weight is 284 g/mol. The lowest BCUT2D eigenvalue weighted by Gasteiger charge is -2.15. The summed E-state index contributed by atoms with van der Waals surface area (Å²) in [6.45, 7) is 1.15. The predicted octanol–water partition coefficient (Wildman–Crippen LogP) is 1.58. The molecule has 2 rings (SSSR count). The quantitative estimate of drug-likeness (QED) is 0.915. The van der Waals surface area contributed by atoms with Crippen LogP contribution in [-0.4, -0.2) is 35.1 Å². The van der Waals surface area contributed by atoms with Crippen LogP contribution in [0.15, 0.2) is 28.7 Å². The van der Waals surface area contributed by atoms with E-state index in [0.29, 0.717) is 13.1 Å². The number of aliphatic hydroxyl groups excluding tert-OH is 1. The number of halogens is 1. The fraction of sp³-hybridized carbons (Fsp3) is 0.417. The molecule has 3 nitrogen and oxygen atoms in total. The summed E-state index contributed by atoms with van der Waals surface area (Å²) in [5.74, 6) is 0.0551. The van der Waals surface area contributed by atoms with Crippen LogP contribution in [0.2, 0.25) is 0 Å². The molecule has 0 saturated carbocycles. The number of hydrogen-bond donors (Lipinski definition) is 1. The number of rotatable bonds is 3. The van der Waals surface area contributed by atoms with Crippen LogP contribution in [0.25, 0.3) is 0 Å². The molecule has 1 saturated heterocycles. The summed E-state index contributed by atoms with van der Waals surface area (Å²) in [5, 5.41) is 9.35. The predicted molar refractivity (Wildman–Crippen MR) is 65.0 cm³/mol. The van der Waals surface area contributed by atoms with Crippen molar-refractivity contribution in [1.29, 1.82) is 0 Å². The number of nitrogens with zero attached hydrogens (tertiary/aromatic N) is 1. The van der Waals surface area contributed by atoms with E-state index in [0.717, 1.165) is 10.9 Å². The Bertz CT molecular complexity index is 394. The summed E-state index contributed by atoms with van der Waals surface area (Å²) >= 11 is 3.48. The second-order valence-corrected chi connectivity index (χ2v) is 4.89. The molecule has 1 aromatic rings. The third kappa shape index (κ3) is 2.62. The van der Waals surface area contributed by atoms with Crippen molar-refractivity contribution in [2.24, 2.45) is 0 Å². The summed E-state index contributed by atoms with van der Waals surface area (Å²) in [7, 11) is 0. The molecule has 0 aromatic heterocycles. The fourth-order valence-electron chi connectivity index (χ4n) is 1.92. The number of likely N-dealkylation sites (tertiary alicyclic amines) is 1. The van der Waals surface area contributed by atoms with E-state index in [2.05, 4.69) is 15.9 Å². The minimum Gasteiger partial charge on any atom is -0.391 e. The average Bonchev–Trinajstić information content (AvgIpc) is 2.56. The van der Waals surface area contributed by atoms with Gasteiger partial charge in [-0.15, -0.1) is 0 Å². The van der Waals surface area contributed by atoms with Gasteiger partial charge in [0.1, 0.15) is 0 Å². The SMILES string of the molecule is O=C1CC(O)CN1CCc1ccccc1Br. The van der Waals surface area contributed by atoms with Gasteiger partial charge in [0.05, 0.1) is 12.5 Å². The van der Waals surface area contributed by atoms with Gasteiger partial charge in [0, 0.05) is 17.6 Å². The van der Waals surface area contributed by atoms with Crippen LogP contribution in [0.4, 0.5) is 0 Å². The molecule has 1 N–H and O–H groups in total. The van der Waals surface area contributed by atoms with Crippen molar-refractivity contribution in [3.05, 3.63) is 34.3 Å². The zero-order valence-electron chi connectivity index (χ0n) is 8.90. The number of aliphatic hydroxyl groups is 1. The van der Waals surface area contributed by atoms with Gasteiger partial charge in [-0.2, -0.15) is 0 Å². The van der Waals surface area contributed by atoms with Crippen LogP contribution in [0.3, 0.4) is 0 Å². The van der Waals surface area contributed by atoms with Crippen molar-refractivity contribution in [3.63, 3.8) is 0 Å². The Kier molecular flexibility index (Phi) is 3.61. The molecule has 0 bridgehead atoms. The van der Waals surface area contributed by atoms with Crippen LogP contribution >= 0.6 is 15.9 Å². The van der Waals surface area contributed by atoms with E-state index in [9.17, 15) is 9.90 Å². The van der Waals surface area contributed by atoms with Gasteiger partial charge in [0.2, 0.25) is 5.91 Å². The largest absolute Gasteiger partial charge is 0.391 e. The number of carbonyl (C=O) groups excluding carboxylic acids is 1. The lowest BCUT2D eigenvalue weighted by molar-refractivity contribution is -0.127. The highest BCUT2D eigenvalue weighted by Crippen LogP contribution is 2.18. The van der Waals surface area contributed by atoms with Crippen LogP contribution in [-0.2, 0) is 11.2 Å². The first-order valence-electron chi connectivity index (χ1n) is 5.36. The molecule has 0 aliphatic carbocycles. The molecule has 1 heterocycles. The number of β-amino-alcohol motifs (C(OH)–C–C–N with tert-alkyl or cyclic N) is 1. The van der Waals surface area contributed by atoms with Gasteiger partial charge < -0.3 is 10.0 Å². The fourth-order valence-corrected chi connectivity index (χ4v) is 2.41. The molecule has 0 radical (unpaired) electrons. The third-order valence-electron chi connectivity index (χ3n) is 2.80. The smallest absolute Gasteiger partial charge is 0.225 e. The zero-order chi connectivity index (χ0) is 11.5. The topological polar surface area (TPSA) is 40.5 Å². The highest BCUT2D eigenvalue weighted by atomic mass is 79.9. The zero-order valence-corrected chi connectivity index (χ0v) is 10.5. The maximum Gasteiger partial charge on any atom is 0.225 e. The van der Waals surface area contributed by atoms with Crippen LogP contribution < -0.4 is 0 Å². The molecule has 4 heteroatoms. The second kappa shape index (κ2) is 4.97. The molecule has 1 fully saturated rings. The Morgan fingerprint density at radius 2 is 2.19 bits per heavy atom. The second-order valence-electron chi connectivity index (χ2n) is 4.04. The van der Waals surface area contributed by atoms with E-state index in [4.69, 9.17) is 0 Å². The van der Waals surface area contributed by atoms with Gasteiger partial charge >= 0.3 is 0 Å². The summed E-state index contributed by atoms with van der Waals surface area (Å²) in [6.07, 6.45) is 0.613. The molecular weight excluding hydrogens is 270 g/mol. The molecule has 1 aliphatic rings. The van der Waals surface area contributed by atoms with E-state index >= 15 is 0 Å². The van der Waals surface area contributed by atoms with Crippen molar-refractivity contribution in [1.82, 2.24) is 4.90 Å². The van der Waals surface area contributed by atoms with Crippen molar-refractivity contribution < 1.29 is 9.90 Å². The standard InChI is InChI=1S/C12H14BrNO2/c13-11-4-2-1-3-9(11)5-6-14-8-10(15)7-12(14)16/h1-4,10,15H,5-8H2. The number of benzene rings is 1. The minimum atomic E-state index is -0.480. The number of carbonyl (C=O) groups is 1. The van der Waals surface area contributed by atoms with E-state index in [1.807, 2.05) is 24.3 Å². The summed E-state index contributed by atoms with van der Waals surface area (Å²) in [4.78, 5) is 13.2. The van der Waals surface area contributed by atoms with Gasteiger partial charge in [-0.05, 0) is 18.1 Å². The number of amides is 1. The Morgan fingerprint density at radius 1 is 1.44 bits per heavy atom. The van der Waals surface area contributed by atoms with Crippen molar-refractivity contribution in [3.8, 4) is 0 Å². The maximum atomic E-state index is 11.4. The lowest BCUT2D eigenvalue weighted by Crippen LogP contribution is -2.28. The molecule has 86 valence electrons. The van der Waals surface area contributed by atoms with E-state index in [1.165, 1.54) is 5.56 Å². The third-order valence-corrected chi connectivity index (χ3v) is 3.58. The molecule has 1 aliphatic heterocycles. The van der Waals surface area contributed by atoms with Gasteiger partial charge in [-0.1, -0.05) is 34.1 Å². The maximum absolute atomic E-state index is 11.4. The first-order chi connectivity index (χ1) is 7.66. The van der Waals surface area contributed by atoms with E-state index in [1.54, 1.807) is 4.90 Å². The van der Waals surface area contributed by atoms with E-state index < -0.39 is 6.10 Å². The normalized spacial score (nSPS) is 20.5. The molecule has 1 amide bonds. The highest BCUT2D eigenvalue weighted by Gasteiger charge is 2.27. The molecule has 1 atom stereocenters. The molecular formula is C12H14BrNO2. The van der Waals surface area contributed by atoms with Crippen LogP contribution in [0, 0.1) is 0 Å². The van der Waals surface area contributed by atoms with E-state index in [-0.39, 0.29) is 12.3 Å². The first kappa shape index (κ1) is 11.6. The Morgan fingerprint density at radius 3 is 2.81 bits per heavy atom. The first-order valence-corrected chi connectivity index (χ1v) is 6.15. The van der Waals surface area contributed by atoms with Gasteiger partial charge in [0.15, 0.2) is 0 Å². The van der Waals surface area contributed by atoms with Crippen LogP contribution in [0.1, 0.15) is 12.0 Å². The van der Waals surface area contributed by atoms with Crippen molar-refractivity contribution >= 4 is 21.8 Å². The number of hydrogen-bond acceptors (Lipinski definition) is 2. The Labute approximate surface area is 103 Å².